The van der Waals surface area contributed by atoms with Gasteiger partial charge in [0.25, 0.3) is 0 Å². The smallest absolute Gasteiger partial charge is 0.307 e. The molecule has 0 bridgehead atoms. The summed E-state index contributed by atoms with van der Waals surface area (Å²) in [5.41, 5.74) is 0. The topological polar surface area (TPSA) is 63.7 Å². The average molecular weight is 265 g/mol. The van der Waals surface area contributed by atoms with Crippen molar-refractivity contribution in [1.82, 2.24) is 4.90 Å². The van der Waals surface area contributed by atoms with Crippen LogP contribution >= 0.6 is 0 Å². The van der Waals surface area contributed by atoms with Gasteiger partial charge in [-0.3, -0.25) is 4.79 Å². The van der Waals surface area contributed by atoms with Gasteiger partial charge >= 0.3 is 5.97 Å². The first-order valence-corrected chi connectivity index (χ1v) is 7.78. The van der Waals surface area contributed by atoms with Gasteiger partial charge in [-0.2, -0.15) is 0 Å². The average Bonchev–Trinajstić information content (AvgIpc) is 2.26. The van der Waals surface area contributed by atoms with Crippen molar-refractivity contribution in [3.8, 4) is 0 Å². The zero-order chi connectivity index (χ0) is 13.3. The lowest BCUT2D eigenvalue weighted by Gasteiger charge is -2.15. The third-order valence-electron chi connectivity index (χ3n) is 2.44. The molecule has 0 saturated heterocycles. The number of nitrogens with zero attached hydrogens (tertiary/aromatic N) is 1. The zero-order valence-corrected chi connectivity index (χ0v) is 11.8. The van der Waals surface area contributed by atoms with Crippen LogP contribution in [0.4, 0.5) is 0 Å². The molecule has 0 atom stereocenters. The Kier molecular flexibility index (Phi) is 8.16. The number of carbonyl (C=O) groups excluding carboxylic acids is 1. The largest absolute Gasteiger partial charge is 0.466 e. The Balaban J connectivity index is 3.67. The van der Waals surface area contributed by atoms with E-state index < -0.39 is 9.84 Å². The van der Waals surface area contributed by atoms with Crippen LogP contribution in [0.25, 0.3) is 0 Å². The summed E-state index contributed by atoms with van der Waals surface area (Å²) in [4.78, 5) is 13.0. The van der Waals surface area contributed by atoms with Crippen molar-refractivity contribution in [1.29, 1.82) is 0 Å². The fourth-order valence-electron chi connectivity index (χ4n) is 1.33. The van der Waals surface area contributed by atoms with Crippen LogP contribution in [0.3, 0.4) is 0 Å². The number of esters is 1. The van der Waals surface area contributed by atoms with Crippen LogP contribution in [-0.2, 0) is 19.4 Å². The SMILES string of the molecule is CCOC(=O)CCN(C)CCCS(=O)(=O)CC. The molecule has 0 amide bonds. The molecule has 102 valence electrons. The molecule has 0 rings (SSSR count). The van der Waals surface area contributed by atoms with Crippen LogP contribution in [0.2, 0.25) is 0 Å². The molecule has 5 nitrogen and oxygen atoms in total. The lowest BCUT2D eigenvalue weighted by atomic mass is 10.3. The van der Waals surface area contributed by atoms with E-state index in [0.717, 1.165) is 0 Å². The van der Waals surface area contributed by atoms with E-state index in [1.165, 1.54) is 0 Å². The molecule has 17 heavy (non-hydrogen) atoms. The minimum atomic E-state index is -2.87. The summed E-state index contributed by atoms with van der Waals surface area (Å²) >= 11 is 0. The lowest BCUT2D eigenvalue weighted by molar-refractivity contribution is -0.143. The maximum Gasteiger partial charge on any atom is 0.307 e. The highest BCUT2D eigenvalue weighted by molar-refractivity contribution is 7.91. The van der Waals surface area contributed by atoms with Crippen molar-refractivity contribution in [2.75, 3.05) is 38.2 Å². The van der Waals surface area contributed by atoms with Crippen LogP contribution < -0.4 is 0 Å². The first kappa shape index (κ1) is 16.4. The van der Waals surface area contributed by atoms with Gasteiger partial charge in [-0.1, -0.05) is 6.92 Å². The number of sulfone groups is 1. The standard InChI is InChI=1S/C11H23NO4S/c1-4-16-11(13)7-9-12(3)8-6-10-17(14,15)5-2/h4-10H2,1-3H3. The summed E-state index contributed by atoms with van der Waals surface area (Å²) in [7, 11) is -1.00. The van der Waals surface area contributed by atoms with Crippen molar-refractivity contribution in [2.24, 2.45) is 0 Å². The molecular formula is C11H23NO4S. The van der Waals surface area contributed by atoms with E-state index in [9.17, 15) is 13.2 Å². The molecule has 0 heterocycles. The van der Waals surface area contributed by atoms with E-state index in [1.807, 2.05) is 11.9 Å². The fourth-order valence-corrected chi connectivity index (χ4v) is 2.18. The van der Waals surface area contributed by atoms with Crippen LogP contribution in [0.5, 0.6) is 0 Å². The predicted molar refractivity (Wildman–Crippen MR) is 67.7 cm³/mol. The third-order valence-corrected chi connectivity index (χ3v) is 4.23. The predicted octanol–water partition coefficient (Wildman–Crippen LogP) is 0.696. The van der Waals surface area contributed by atoms with Gasteiger partial charge < -0.3 is 9.64 Å². The Morgan fingerprint density at radius 1 is 1.24 bits per heavy atom. The molecular weight excluding hydrogens is 242 g/mol. The van der Waals surface area contributed by atoms with Crippen LogP contribution in [0, 0.1) is 0 Å². The van der Waals surface area contributed by atoms with E-state index in [1.54, 1.807) is 13.8 Å². The highest BCUT2D eigenvalue weighted by Gasteiger charge is 2.09. The minimum absolute atomic E-state index is 0.194. The molecule has 0 aliphatic carbocycles. The summed E-state index contributed by atoms with van der Waals surface area (Å²) in [6, 6.07) is 0. The molecule has 0 aromatic rings. The number of ether oxygens (including phenoxy) is 1. The Morgan fingerprint density at radius 2 is 1.88 bits per heavy atom. The van der Waals surface area contributed by atoms with Gasteiger partial charge in [-0.05, 0) is 26.9 Å². The van der Waals surface area contributed by atoms with Gasteiger partial charge in [0.05, 0.1) is 18.8 Å². The maximum absolute atomic E-state index is 11.2. The first-order valence-electron chi connectivity index (χ1n) is 5.96. The highest BCUT2D eigenvalue weighted by atomic mass is 32.2. The minimum Gasteiger partial charge on any atom is -0.466 e. The van der Waals surface area contributed by atoms with Crippen LogP contribution in [0.15, 0.2) is 0 Å². The van der Waals surface area contributed by atoms with Crippen molar-refractivity contribution >= 4 is 15.8 Å². The number of hydrogen-bond donors (Lipinski definition) is 0. The van der Waals surface area contributed by atoms with E-state index in [-0.39, 0.29) is 17.5 Å². The van der Waals surface area contributed by atoms with Crippen molar-refractivity contribution in [3.63, 3.8) is 0 Å². The van der Waals surface area contributed by atoms with E-state index in [2.05, 4.69) is 0 Å². The summed E-state index contributed by atoms with van der Waals surface area (Å²) in [6.07, 6.45) is 0.959. The molecule has 0 spiro atoms. The Bertz CT molecular complexity index is 313. The lowest BCUT2D eigenvalue weighted by Crippen LogP contribution is -2.25. The molecule has 0 aliphatic rings. The van der Waals surface area contributed by atoms with E-state index in [4.69, 9.17) is 4.74 Å². The molecule has 0 radical (unpaired) electrons. The molecule has 0 aromatic carbocycles. The third kappa shape index (κ3) is 9.12. The number of carbonyl (C=O) groups is 1. The van der Waals surface area contributed by atoms with Gasteiger partial charge in [-0.15, -0.1) is 0 Å². The molecule has 0 aliphatic heterocycles. The normalized spacial score (nSPS) is 11.8. The molecule has 0 saturated carbocycles. The monoisotopic (exact) mass is 265 g/mol. The zero-order valence-electron chi connectivity index (χ0n) is 10.9. The van der Waals surface area contributed by atoms with E-state index in [0.29, 0.717) is 32.5 Å². The second kappa shape index (κ2) is 8.47. The van der Waals surface area contributed by atoms with Gasteiger partial charge in [-0.25, -0.2) is 8.42 Å². The summed E-state index contributed by atoms with van der Waals surface area (Å²) in [5, 5.41) is 0. The van der Waals surface area contributed by atoms with Gasteiger partial charge in [0, 0.05) is 12.3 Å². The molecule has 0 fully saturated rings. The number of hydrogen-bond acceptors (Lipinski definition) is 5. The molecule has 0 aromatic heterocycles. The van der Waals surface area contributed by atoms with Crippen LogP contribution in [-0.4, -0.2) is 57.5 Å². The number of rotatable bonds is 9. The van der Waals surface area contributed by atoms with Gasteiger partial charge in [0.2, 0.25) is 0 Å². The molecule has 0 unspecified atom stereocenters. The highest BCUT2D eigenvalue weighted by Crippen LogP contribution is 1.97. The van der Waals surface area contributed by atoms with Crippen molar-refractivity contribution < 1.29 is 17.9 Å². The van der Waals surface area contributed by atoms with Crippen molar-refractivity contribution in [3.05, 3.63) is 0 Å². The van der Waals surface area contributed by atoms with Crippen molar-refractivity contribution in [2.45, 2.75) is 26.7 Å². The maximum atomic E-state index is 11.2. The summed E-state index contributed by atoms with van der Waals surface area (Å²) < 4.78 is 27.3. The van der Waals surface area contributed by atoms with E-state index >= 15 is 0 Å². The Hall–Kier alpha value is -0.620. The van der Waals surface area contributed by atoms with Gasteiger partial charge in [0.15, 0.2) is 0 Å². The van der Waals surface area contributed by atoms with Crippen LogP contribution in [0.1, 0.15) is 26.7 Å². The fraction of sp³-hybridized carbons (Fsp3) is 0.909. The quantitative estimate of drug-likeness (QED) is 0.574. The summed E-state index contributed by atoms with van der Waals surface area (Å²) in [5.74, 6) is 0.202. The molecule has 0 N–H and O–H groups in total. The Morgan fingerprint density at radius 3 is 2.41 bits per heavy atom. The second-order valence-corrected chi connectivity index (χ2v) is 6.42. The first-order chi connectivity index (χ1) is 7.91. The molecule has 6 heteroatoms. The summed E-state index contributed by atoms with van der Waals surface area (Å²) in [6.45, 7) is 5.11. The van der Waals surface area contributed by atoms with Gasteiger partial charge in [0.1, 0.15) is 9.84 Å². The Labute approximate surface area is 104 Å². The second-order valence-electron chi connectivity index (χ2n) is 3.95.